The average Bonchev–Trinajstić information content (AvgIpc) is 3.03. The number of rotatable bonds is 3. The van der Waals surface area contributed by atoms with Gasteiger partial charge in [-0.15, -0.1) is 11.3 Å². The smallest absolute Gasteiger partial charge is 0.304 e. The molecule has 1 aromatic heterocycles. The Kier molecular flexibility index (Phi) is 3.58. The van der Waals surface area contributed by atoms with E-state index in [1.165, 1.54) is 17.4 Å². The van der Waals surface area contributed by atoms with Crippen molar-refractivity contribution in [3.63, 3.8) is 0 Å². The zero-order chi connectivity index (χ0) is 15.1. The number of fused-ring (bicyclic) bond motifs is 1. The van der Waals surface area contributed by atoms with E-state index in [9.17, 15) is 20.0 Å². The van der Waals surface area contributed by atoms with Crippen LogP contribution < -0.4 is 10.2 Å². The van der Waals surface area contributed by atoms with Crippen molar-refractivity contribution >= 4 is 27.9 Å². The second-order valence-corrected chi connectivity index (χ2v) is 6.59. The summed E-state index contributed by atoms with van der Waals surface area (Å²) in [4.78, 5) is 25.2. The fourth-order valence-electron chi connectivity index (χ4n) is 3.14. The molecule has 0 radical (unpaired) electrons. The van der Waals surface area contributed by atoms with E-state index < -0.39 is 11.0 Å². The molecule has 1 aromatic rings. The molecule has 0 aromatic carbocycles. The van der Waals surface area contributed by atoms with Crippen LogP contribution in [0.15, 0.2) is 6.07 Å². The molecule has 3 heterocycles. The average molecular weight is 311 g/mol. The van der Waals surface area contributed by atoms with Gasteiger partial charge in [0.25, 0.3) is 0 Å². The fraction of sp³-hybridized carbons (Fsp3) is 0.615. The SMILES string of the molecule is C[C@H](O)c1cc([N+](=O)[O-])c(N2CCCC3C(=O)NCC32)s1. The normalized spacial score (nSPS) is 26.4. The van der Waals surface area contributed by atoms with Crippen LogP contribution in [-0.4, -0.2) is 35.1 Å². The molecule has 0 saturated carbocycles. The lowest BCUT2D eigenvalue weighted by molar-refractivity contribution is -0.383. The van der Waals surface area contributed by atoms with Crippen molar-refractivity contribution in [3.05, 3.63) is 21.1 Å². The third-order valence-corrected chi connectivity index (χ3v) is 5.51. The summed E-state index contributed by atoms with van der Waals surface area (Å²) in [5.74, 6) is -0.0462. The number of anilines is 1. The van der Waals surface area contributed by atoms with Gasteiger partial charge in [0.05, 0.1) is 23.0 Å². The number of thiophene rings is 1. The molecular weight excluding hydrogens is 294 g/mol. The molecule has 0 aliphatic carbocycles. The first-order valence-corrected chi connectivity index (χ1v) is 7.81. The van der Waals surface area contributed by atoms with Crippen molar-refractivity contribution in [1.82, 2.24) is 5.32 Å². The van der Waals surface area contributed by atoms with E-state index in [4.69, 9.17) is 0 Å². The molecule has 1 amide bonds. The van der Waals surface area contributed by atoms with Crippen LogP contribution in [0.4, 0.5) is 10.7 Å². The van der Waals surface area contributed by atoms with Gasteiger partial charge in [0, 0.05) is 24.0 Å². The second-order valence-electron chi connectivity index (χ2n) is 5.53. The highest BCUT2D eigenvalue weighted by Gasteiger charge is 2.43. The van der Waals surface area contributed by atoms with Crippen LogP contribution in [0.5, 0.6) is 0 Å². The summed E-state index contributed by atoms with van der Waals surface area (Å²) in [6, 6.07) is 1.42. The van der Waals surface area contributed by atoms with Crippen molar-refractivity contribution in [1.29, 1.82) is 0 Å². The molecule has 2 unspecified atom stereocenters. The number of amides is 1. The lowest BCUT2D eigenvalue weighted by Crippen LogP contribution is -2.45. The first-order chi connectivity index (χ1) is 9.99. The molecule has 2 aliphatic rings. The first kappa shape index (κ1) is 14.3. The molecule has 2 N–H and O–H groups in total. The number of aliphatic hydroxyl groups is 1. The number of piperidine rings is 1. The van der Waals surface area contributed by atoms with Gasteiger partial charge in [0.2, 0.25) is 5.91 Å². The molecule has 7 nitrogen and oxygen atoms in total. The maximum absolute atomic E-state index is 11.8. The standard InChI is InChI=1S/C13H17N3O4S/c1-7(17)11-5-9(16(19)20)13(21-11)15-4-2-3-8-10(15)6-14-12(8)18/h5,7-8,10,17H,2-4,6H2,1H3,(H,14,18)/t7-,8?,10?/m0/s1. The number of nitrogens with zero attached hydrogens (tertiary/aromatic N) is 2. The van der Waals surface area contributed by atoms with Gasteiger partial charge in [-0.1, -0.05) is 0 Å². The summed E-state index contributed by atoms with van der Waals surface area (Å²) in [7, 11) is 0. The summed E-state index contributed by atoms with van der Waals surface area (Å²) < 4.78 is 0. The lowest BCUT2D eigenvalue weighted by atomic mass is 9.91. The number of hydrogen-bond donors (Lipinski definition) is 2. The van der Waals surface area contributed by atoms with Gasteiger partial charge < -0.3 is 15.3 Å². The number of hydrogen-bond acceptors (Lipinski definition) is 6. The minimum Gasteiger partial charge on any atom is -0.388 e. The van der Waals surface area contributed by atoms with E-state index in [1.807, 2.05) is 4.90 Å². The monoisotopic (exact) mass is 311 g/mol. The molecule has 2 saturated heterocycles. The van der Waals surface area contributed by atoms with Gasteiger partial charge in [-0.3, -0.25) is 14.9 Å². The van der Waals surface area contributed by atoms with Crippen LogP contribution >= 0.6 is 11.3 Å². The zero-order valence-electron chi connectivity index (χ0n) is 11.6. The summed E-state index contributed by atoms with van der Waals surface area (Å²) >= 11 is 1.25. The summed E-state index contributed by atoms with van der Waals surface area (Å²) in [6.45, 7) is 2.83. The number of carbonyl (C=O) groups is 1. The van der Waals surface area contributed by atoms with Gasteiger partial charge in [0.1, 0.15) is 0 Å². The largest absolute Gasteiger partial charge is 0.388 e. The predicted octanol–water partition coefficient (Wildman–Crippen LogP) is 1.42. The first-order valence-electron chi connectivity index (χ1n) is 6.99. The minimum absolute atomic E-state index is 0.0227. The molecule has 8 heteroatoms. The molecule has 2 fully saturated rings. The Morgan fingerprint density at radius 3 is 3.05 bits per heavy atom. The quantitative estimate of drug-likeness (QED) is 0.650. The highest BCUT2D eigenvalue weighted by atomic mass is 32.1. The highest BCUT2D eigenvalue weighted by molar-refractivity contribution is 7.16. The Morgan fingerprint density at radius 2 is 2.38 bits per heavy atom. The molecule has 3 atom stereocenters. The van der Waals surface area contributed by atoms with Crippen LogP contribution in [0.2, 0.25) is 0 Å². The van der Waals surface area contributed by atoms with E-state index in [2.05, 4.69) is 5.32 Å². The van der Waals surface area contributed by atoms with Crippen molar-refractivity contribution in [2.45, 2.75) is 31.9 Å². The Hall–Kier alpha value is -1.67. The number of aliphatic hydroxyl groups excluding tert-OH is 1. The second kappa shape index (κ2) is 5.27. The Morgan fingerprint density at radius 1 is 1.62 bits per heavy atom. The molecular formula is C13H17N3O4S. The van der Waals surface area contributed by atoms with Crippen LogP contribution in [0, 0.1) is 16.0 Å². The van der Waals surface area contributed by atoms with Gasteiger partial charge in [0.15, 0.2) is 5.00 Å². The number of carbonyl (C=O) groups excluding carboxylic acids is 1. The molecule has 21 heavy (non-hydrogen) atoms. The lowest BCUT2D eigenvalue weighted by Gasteiger charge is -2.36. The third kappa shape index (κ3) is 2.38. The maximum Gasteiger partial charge on any atom is 0.304 e. The molecule has 0 spiro atoms. The molecule has 2 aliphatic heterocycles. The van der Waals surface area contributed by atoms with Crippen molar-refractivity contribution < 1.29 is 14.8 Å². The highest BCUT2D eigenvalue weighted by Crippen LogP contribution is 2.43. The van der Waals surface area contributed by atoms with E-state index in [0.717, 1.165) is 12.8 Å². The van der Waals surface area contributed by atoms with Crippen molar-refractivity contribution in [2.75, 3.05) is 18.0 Å². The summed E-state index contributed by atoms with van der Waals surface area (Å²) in [5, 5.41) is 24.4. The minimum atomic E-state index is -0.730. The van der Waals surface area contributed by atoms with Gasteiger partial charge in [-0.25, -0.2) is 0 Å². The van der Waals surface area contributed by atoms with Crippen molar-refractivity contribution in [3.8, 4) is 0 Å². The van der Waals surface area contributed by atoms with Crippen molar-refractivity contribution in [2.24, 2.45) is 5.92 Å². The summed E-state index contributed by atoms with van der Waals surface area (Å²) in [6.07, 6.45) is 0.940. The topological polar surface area (TPSA) is 95.7 Å². The Bertz CT molecular complexity index is 586. The zero-order valence-corrected chi connectivity index (χ0v) is 12.4. The molecule has 3 rings (SSSR count). The molecule has 0 bridgehead atoms. The van der Waals surface area contributed by atoms with Gasteiger partial charge in [-0.2, -0.15) is 0 Å². The molecule has 114 valence electrons. The Balaban J connectivity index is 1.99. The summed E-state index contributed by atoms with van der Waals surface area (Å²) in [5.41, 5.74) is 0.0240. The van der Waals surface area contributed by atoms with E-state index in [-0.39, 0.29) is 23.6 Å². The number of nitrogens with one attached hydrogen (secondary N) is 1. The van der Waals surface area contributed by atoms with Crippen LogP contribution in [0.3, 0.4) is 0 Å². The van der Waals surface area contributed by atoms with E-state index in [1.54, 1.807) is 6.92 Å². The Labute approximate surface area is 125 Å². The third-order valence-electron chi connectivity index (χ3n) is 4.18. The number of nitro groups is 1. The van der Waals surface area contributed by atoms with E-state index >= 15 is 0 Å². The van der Waals surface area contributed by atoms with E-state index in [0.29, 0.717) is 23.0 Å². The maximum atomic E-state index is 11.8. The van der Waals surface area contributed by atoms with Crippen LogP contribution in [0.25, 0.3) is 0 Å². The van der Waals surface area contributed by atoms with Gasteiger partial charge in [-0.05, 0) is 19.8 Å². The predicted molar refractivity (Wildman–Crippen MR) is 78.5 cm³/mol. The fourth-order valence-corrected chi connectivity index (χ4v) is 4.28. The van der Waals surface area contributed by atoms with Crippen LogP contribution in [0.1, 0.15) is 30.7 Å². The van der Waals surface area contributed by atoms with Crippen LogP contribution in [-0.2, 0) is 4.79 Å². The van der Waals surface area contributed by atoms with Gasteiger partial charge >= 0.3 is 5.69 Å².